The number of carboxylic acid groups (broad SMARTS) is 1. The van der Waals surface area contributed by atoms with Gasteiger partial charge in [0.05, 0.1) is 11.3 Å². The zero-order valence-corrected chi connectivity index (χ0v) is 15.2. The van der Waals surface area contributed by atoms with Crippen LogP contribution < -0.4 is 0 Å². The molecule has 0 aromatic rings. The van der Waals surface area contributed by atoms with Crippen molar-refractivity contribution < 1.29 is 14.8 Å². The molecule has 0 aliphatic heterocycles. The lowest BCUT2D eigenvalue weighted by Gasteiger charge is -1.94. The average molecular weight is 349 g/mol. The first-order valence-electron chi connectivity index (χ1n) is 9.08. The molecule has 140 valence electrons. The molecule has 0 atom stereocenters. The largest absolute Gasteiger partial charge is 0.481 e. The molecule has 0 spiro atoms. The fourth-order valence-corrected chi connectivity index (χ4v) is 2.13. The van der Waals surface area contributed by atoms with E-state index < -0.39 is 5.97 Å². The predicted octanol–water partition coefficient (Wildman–Crippen LogP) is 5.82. The van der Waals surface area contributed by atoms with Crippen LogP contribution in [0.2, 0.25) is 0 Å². The quantitative estimate of drug-likeness (QED) is 0.175. The lowest BCUT2D eigenvalue weighted by molar-refractivity contribution is -0.427. The van der Waals surface area contributed by atoms with Gasteiger partial charge < -0.3 is 5.11 Å². The molecule has 0 amide bonds. The van der Waals surface area contributed by atoms with Gasteiger partial charge in [0, 0.05) is 6.42 Å². The van der Waals surface area contributed by atoms with Gasteiger partial charge in [0.1, 0.15) is 0 Å². The van der Waals surface area contributed by atoms with Gasteiger partial charge in [-0.05, 0) is 44.6 Å². The minimum Gasteiger partial charge on any atom is -0.481 e. The van der Waals surface area contributed by atoms with Crippen LogP contribution in [0.1, 0.15) is 71.1 Å². The Hall–Kier alpha value is -2.17. The molecule has 0 fully saturated rings. The van der Waals surface area contributed by atoms with Crippen LogP contribution in [0.4, 0.5) is 0 Å². The highest BCUT2D eigenvalue weighted by Crippen LogP contribution is 2.07. The first-order valence-corrected chi connectivity index (χ1v) is 9.08. The van der Waals surface area contributed by atoms with E-state index in [9.17, 15) is 14.9 Å². The van der Waals surface area contributed by atoms with Crippen LogP contribution in [-0.2, 0) is 4.79 Å². The molecule has 0 heterocycles. The number of hydrogen-bond acceptors (Lipinski definition) is 3. The molecule has 0 aliphatic carbocycles. The standard InChI is InChI=1S/C20H31NO4/c1-2-3-4-5-6-7-8-9-10-13-16-19(21(24)25)17-14-11-12-15-18-20(22)23/h6-7,9-11,14,16H,2-5,8,12-13,15,17-18H2,1H3,(H,22,23)/b7-6-,10-9-,14-11-,19-16+. The molecule has 0 saturated carbocycles. The summed E-state index contributed by atoms with van der Waals surface area (Å²) in [5, 5.41) is 19.5. The zero-order valence-electron chi connectivity index (χ0n) is 15.2. The van der Waals surface area contributed by atoms with E-state index >= 15 is 0 Å². The van der Waals surface area contributed by atoms with E-state index in [1.165, 1.54) is 19.3 Å². The van der Waals surface area contributed by atoms with Crippen molar-refractivity contribution in [3.05, 3.63) is 58.3 Å². The second-order valence-electron chi connectivity index (χ2n) is 5.82. The first kappa shape index (κ1) is 22.8. The van der Waals surface area contributed by atoms with Crippen molar-refractivity contribution >= 4 is 5.97 Å². The number of allylic oxidation sites excluding steroid dienone is 7. The molecule has 5 heteroatoms. The lowest BCUT2D eigenvalue weighted by atomic mass is 10.2. The molecular formula is C20H31NO4. The Balaban J connectivity index is 4.02. The van der Waals surface area contributed by atoms with Crippen LogP contribution in [-0.4, -0.2) is 16.0 Å². The third-order valence-corrected chi connectivity index (χ3v) is 3.56. The number of nitrogens with zero attached hydrogens (tertiary/aromatic N) is 1. The number of unbranched alkanes of at least 4 members (excludes halogenated alkanes) is 4. The Kier molecular flexibility index (Phi) is 15.2. The highest BCUT2D eigenvalue weighted by atomic mass is 16.6. The van der Waals surface area contributed by atoms with E-state index in [1.807, 2.05) is 12.2 Å². The number of carboxylic acids is 1. The SMILES string of the molecule is CCCCC/C=C\C/C=C\C/C=C(\C/C=C\CCCC(=O)O)[N+](=O)[O-]. The summed E-state index contributed by atoms with van der Waals surface area (Å²) in [4.78, 5) is 21.0. The Labute approximate surface area is 151 Å². The number of rotatable bonds is 15. The van der Waals surface area contributed by atoms with E-state index in [0.29, 0.717) is 19.3 Å². The van der Waals surface area contributed by atoms with Crippen molar-refractivity contribution in [3.8, 4) is 0 Å². The minimum absolute atomic E-state index is 0.125. The maximum Gasteiger partial charge on any atom is 0.303 e. The molecule has 25 heavy (non-hydrogen) atoms. The normalized spacial score (nSPS) is 12.6. The highest BCUT2D eigenvalue weighted by Gasteiger charge is 2.06. The summed E-state index contributed by atoms with van der Waals surface area (Å²) in [5.74, 6) is -0.818. The molecule has 0 saturated heterocycles. The third-order valence-electron chi connectivity index (χ3n) is 3.56. The van der Waals surface area contributed by atoms with Crippen molar-refractivity contribution in [1.29, 1.82) is 0 Å². The van der Waals surface area contributed by atoms with Crippen molar-refractivity contribution in [2.24, 2.45) is 0 Å². The second kappa shape index (κ2) is 16.7. The van der Waals surface area contributed by atoms with Gasteiger partial charge in [-0.3, -0.25) is 14.9 Å². The maximum atomic E-state index is 11.0. The second-order valence-corrected chi connectivity index (χ2v) is 5.82. The van der Waals surface area contributed by atoms with Gasteiger partial charge in [-0.15, -0.1) is 0 Å². The van der Waals surface area contributed by atoms with Gasteiger partial charge in [0.25, 0.3) is 0 Å². The summed E-state index contributed by atoms with van der Waals surface area (Å²) in [5.41, 5.74) is 0.175. The first-order chi connectivity index (χ1) is 12.1. The van der Waals surface area contributed by atoms with Crippen LogP contribution >= 0.6 is 0 Å². The van der Waals surface area contributed by atoms with Gasteiger partial charge in [0.15, 0.2) is 0 Å². The Morgan fingerprint density at radius 2 is 1.60 bits per heavy atom. The lowest BCUT2D eigenvalue weighted by Crippen LogP contribution is -1.97. The Morgan fingerprint density at radius 1 is 0.960 bits per heavy atom. The summed E-state index contributed by atoms with van der Waals surface area (Å²) < 4.78 is 0. The summed E-state index contributed by atoms with van der Waals surface area (Å²) in [6, 6.07) is 0. The van der Waals surface area contributed by atoms with Crippen LogP contribution in [0, 0.1) is 10.1 Å². The van der Waals surface area contributed by atoms with E-state index in [1.54, 1.807) is 18.2 Å². The molecule has 5 nitrogen and oxygen atoms in total. The van der Waals surface area contributed by atoms with Gasteiger partial charge in [-0.25, -0.2) is 0 Å². The minimum atomic E-state index is -0.818. The summed E-state index contributed by atoms with van der Waals surface area (Å²) >= 11 is 0. The van der Waals surface area contributed by atoms with E-state index in [2.05, 4.69) is 19.1 Å². The number of nitro groups is 1. The molecular weight excluding hydrogens is 318 g/mol. The molecule has 0 bridgehead atoms. The number of hydrogen-bond donors (Lipinski definition) is 1. The molecule has 0 radical (unpaired) electrons. The topological polar surface area (TPSA) is 80.4 Å². The maximum absolute atomic E-state index is 11.0. The molecule has 0 aromatic heterocycles. The van der Waals surface area contributed by atoms with Crippen molar-refractivity contribution in [1.82, 2.24) is 0 Å². The van der Waals surface area contributed by atoms with Crippen LogP contribution in [0.3, 0.4) is 0 Å². The smallest absolute Gasteiger partial charge is 0.303 e. The molecule has 0 unspecified atom stereocenters. The Morgan fingerprint density at radius 3 is 2.28 bits per heavy atom. The van der Waals surface area contributed by atoms with Gasteiger partial charge in [-0.1, -0.05) is 56.2 Å². The molecule has 0 rings (SSSR count). The molecule has 0 aliphatic rings. The summed E-state index contributed by atoms with van der Waals surface area (Å²) in [6.07, 6.45) is 21.3. The molecule has 0 aromatic carbocycles. The van der Waals surface area contributed by atoms with Gasteiger partial charge >= 0.3 is 5.97 Å². The highest BCUT2D eigenvalue weighted by molar-refractivity contribution is 5.66. The average Bonchev–Trinajstić information content (AvgIpc) is 2.57. The van der Waals surface area contributed by atoms with E-state index in [-0.39, 0.29) is 23.5 Å². The Bertz CT molecular complexity index is 490. The fourth-order valence-electron chi connectivity index (χ4n) is 2.13. The fraction of sp³-hybridized carbons (Fsp3) is 0.550. The summed E-state index contributed by atoms with van der Waals surface area (Å²) in [7, 11) is 0. The van der Waals surface area contributed by atoms with Crippen molar-refractivity contribution in [2.75, 3.05) is 0 Å². The van der Waals surface area contributed by atoms with Crippen molar-refractivity contribution in [2.45, 2.75) is 71.1 Å². The van der Waals surface area contributed by atoms with Crippen LogP contribution in [0.15, 0.2) is 48.2 Å². The summed E-state index contributed by atoms with van der Waals surface area (Å²) in [6.45, 7) is 2.19. The van der Waals surface area contributed by atoms with Crippen LogP contribution in [0.25, 0.3) is 0 Å². The monoisotopic (exact) mass is 349 g/mol. The van der Waals surface area contributed by atoms with Gasteiger partial charge in [-0.2, -0.15) is 0 Å². The van der Waals surface area contributed by atoms with E-state index in [0.717, 1.165) is 12.8 Å². The predicted molar refractivity (Wildman–Crippen MR) is 102 cm³/mol. The number of carbonyl (C=O) groups is 1. The van der Waals surface area contributed by atoms with Crippen molar-refractivity contribution in [3.63, 3.8) is 0 Å². The van der Waals surface area contributed by atoms with Crippen LogP contribution in [0.5, 0.6) is 0 Å². The zero-order chi connectivity index (χ0) is 18.8. The third kappa shape index (κ3) is 16.5. The number of aliphatic carboxylic acids is 1. The van der Waals surface area contributed by atoms with E-state index in [4.69, 9.17) is 5.11 Å². The molecule has 1 N–H and O–H groups in total. The van der Waals surface area contributed by atoms with Gasteiger partial charge in [0.2, 0.25) is 5.70 Å².